The monoisotopic (exact) mass is 255 g/mol. The number of rotatable bonds is 4. The third kappa shape index (κ3) is 2.83. The molecule has 1 unspecified atom stereocenters. The Kier molecular flexibility index (Phi) is 4.00. The van der Waals surface area contributed by atoms with Gasteiger partial charge in [0.2, 0.25) is 0 Å². The third-order valence-corrected chi connectivity index (χ3v) is 2.70. The van der Waals surface area contributed by atoms with Gasteiger partial charge in [-0.1, -0.05) is 47.7 Å². The largest absolute Gasteiger partial charge is 0.380 e. The van der Waals surface area contributed by atoms with Crippen LogP contribution in [-0.4, -0.2) is 10.9 Å². The van der Waals surface area contributed by atoms with Crippen molar-refractivity contribution < 1.29 is 9.90 Å². The van der Waals surface area contributed by atoms with Gasteiger partial charge in [0, 0.05) is 5.56 Å². The fourth-order valence-electron chi connectivity index (χ4n) is 1.77. The van der Waals surface area contributed by atoms with Crippen molar-refractivity contribution in [2.45, 2.75) is 6.10 Å². The van der Waals surface area contributed by atoms with E-state index in [1.165, 1.54) is 0 Å². The Balaban J connectivity index is 2.35. The molecule has 96 valence electrons. The maximum absolute atomic E-state index is 12.2. The summed E-state index contributed by atoms with van der Waals surface area (Å²) >= 11 is 0. The highest BCUT2D eigenvalue weighted by atomic mass is 16.3. The second-order valence-electron chi connectivity index (χ2n) is 3.91. The number of hydrogen-bond donors (Lipinski definition) is 2. The average Bonchev–Trinajstić information content (AvgIpc) is 2.47. The van der Waals surface area contributed by atoms with Gasteiger partial charge in [0.15, 0.2) is 5.78 Å². The summed E-state index contributed by atoms with van der Waals surface area (Å²) in [5.41, 5.74) is 1.16. The second kappa shape index (κ2) is 5.88. The van der Waals surface area contributed by atoms with Gasteiger partial charge in [0.05, 0.1) is 5.69 Å². The molecule has 2 aromatic rings. The molecule has 0 amide bonds. The summed E-state index contributed by atoms with van der Waals surface area (Å²) in [7, 11) is 0. The summed E-state index contributed by atoms with van der Waals surface area (Å²) in [5.74, 6) is 4.57. The van der Waals surface area contributed by atoms with Gasteiger partial charge >= 0.3 is 0 Å². The smallest absolute Gasteiger partial charge is 0.198 e. The quantitative estimate of drug-likeness (QED) is 0.381. The van der Waals surface area contributed by atoms with Gasteiger partial charge in [-0.15, -0.1) is 5.11 Å². The SMILES string of the molecule is NN=Nc1ccccc1C(=O)C(O)c1ccccc1. The molecular formula is C14H13N3O2. The maximum atomic E-state index is 12.2. The molecule has 0 saturated carbocycles. The van der Waals surface area contributed by atoms with E-state index in [1.54, 1.807) is 48.5 Å². The number of nitrogens with two attached hydrogens (primary N) is 1. The molecule has 2 aromatic carbocycles. The van der Waals surface area contributed by atoms with E-state index in [0.29, 0.717) is 11.3 Å². The van der Waals surface area contributed by atoms with Crippen molar-refractivity contribution in [3.63, 3.8) is 0 Å². The van der Waals surface area contributed by atoms with E-state index >= 15 is 0 Å². The molecule has 0 bridgehead atoms. The van der Waals surface area contributed by atoms with Crippen molar-refractivity contribution in [1.82, 2.24) is 0 Å². The van der Waals surface area contributed by atoms with E-state index < -0.39 is 11.9 Å². The van der Waals surface area contributed by atoms with Crippen LogP contribution in [0.4, 0.5) is 5.69 Å². The number of aliphatic hydroxyl groups excluding tert-OH is 1. The van der Waals surface area contributed by atoms with Crippen LogP contribution >= 0.6 is 0 Å². The zero-order valence-electron chi connectivity index (χ0n) is 10.1. The highest BCUT2D eigenvalue weighted by molar-refractivity contribution is 6.03. The zero-order chi connectivity index (χ0) is 13.7. The molecule has 19 heavy (non-hydrogen) atoms. The molecule has 0 aliphatic carbocycles. The Bertz CT molecular complexity index is 597. The number of Topliss-reactive ketones (excluding diaryl/α,β-unsaturated/α-hetero) is 1. The predicted molar refractivity (Wildman–Crippen MR) is 70.9 cm³/mol. The number of carbonyl (C=O) groups is 1. The third-order valence-electron chi connectivity index (χ3n) is 2.70. The van der Waals surface area contributed by atoms with Crippen LogP contribution in [-0.2, 0) is 0 Å². The molecule has 2 rings (SSSR count). The van der Waals surface area contributed by atoms with Crippen LogP contribution in [0.3, 0.4) is 0 Å². The lowest BCUT2D eigenvalue weighted by Gasteiger charge is -2.11. The Morgan fingerprint density at radius 1 is 1.05 bits per heavy atom. The first kappa shape index (κ1) is 12.9. The Hall–Kier alpha value is -2.53. The number of hydrogen-bond acceptors (Lipinski definition) is 4. The number of carbonyl (C=O) groups excluding carboxylic acids is 1. The molecule has 3 N–H and O–H groups in total. The number of benzene rings is 2. The van der Waals surface area contributed by atoms with Gasteiger partial charge in [0.1, 0.15) is 6.10 Å². The fraction of sp³-hybridized carbons (Fsp3) is 0.0714. The Labute approximate surface area is 110 Å². The van der Waals surface area contributed by atoms with Crippen LogP contribution in [0, 0.1) is 0 Å². The van der Waals surface area contributed by atoms with E-state index in [-0.39, 0.29) is 5.56 Å². The van der Waals surface area contributed by atoms with Crippen LogP contribution in [0.5, 0.6) is 0 Å². The lowest BCUT2D eigenvalue weighted by molar-refractivity contribution is 0.0748. The van der Waals surface area contributed by atoms with Gasteiger partial charge < -0.3 is 10.9 Å². The number of ketones is 1. The van der Waals surface area contributed by atoms with Gasteiger partial charge in [-0.3, -0.25) is 4.79 Å². The van der Waals surface area contributed by atoms with Crippen LogP contribution in [0.25, 0.3) is 0 Å². The fourth-order valence-corrected chi connectivity index (χ4v) is 1.77. The minimum atomic E-state index is -1.23. The molecule has 5 nitrogen and oxygen atoms in total. The van der Waals surface area contributed by atoms with E-state index in [4.69, 9.17) is 5.84 Å². The molecule has 0 radical (unpaired) electrons. The van der Waals surface area contributed by atoms with E-state index in [0.717, 1.165) is 0 Å². The van der Waals surface area contributed by atoms with E-state index in [2.05, 4.69) is 10.3 Å². The topological polar surface area (TPSA) is 88.0 Å². The first-order valence-corrected chi connectivity index (χ1v) is 5.71. The van der Waals surface area contributed by atoms with Crippen molar-refractivity contribution in [3.05, 3.63) is 65.7 Å². The summed E-state index contributed by atoms with van der Waals surface area (Å²) in [6, 6.07) is 15.3. The Morgan fingerprint density at radius 2 is 1.68 bits per heavy atom. The summed E-state index contributed by atoms with van der Waals surface area (Å²) in [4.78, 5) is 12.2. The standard InChI is InChI=1S/C14H13N3O2/c15-17-16-12-9-5-4-8-11(12)14(19)13(18)10-6-2-1-3-7-10/h1-9,13,18H,(H2,15,16). The summed E-state index contributed by atoms with van der Waals surface area (Å²) in [6.45, 7) is 0. The van der Waals surface area contributed by atoms with Crippen LogP contribution in [0.2, 0.25) is 0 Å². The molecule has 0 spiro atoms. The molecule has 0 aliphatic rings. The first-order chi connectivity index (χ1) is 9.24. The van der Waals surface area contributed by atoms with E-state index in [9.17, 15) is 9.90 Å². The van der Waals surface area contributed by atoms with Crippen LogP contribution in [0.15, 0.2) is 64.9 Å². The van der Waals surface area contributed by atoms with Crippen molar-refractivity contribution in [1.29, 1.82) is 0 Å². The molecule has 0 aromatic heterocycles. The molecule has 0 heterocycles. The van der Waals surface area contributed by atoms with Crippen molar-refractivity contribution in [2.75, 3.05) is 0 Å². The summed E-state index contributed by atoms with van der Waals surface area (Å²) < 4.78 is 0. The molecule has 1 atom stereocenters. The van der Waals surface area contributed by atoms with Crippen molar-refractivity contribution in [3.8, 4) is 0 Å². The lowest BCUT2D eigenvalue weighted by atomic mass is 9.99. The normalized spacial score (nSPS) is 12.5. The number of aliphatic hydroxyl groups is 1. The summed E-state index contributed by atoms with van der Waals surface area (Å²) in [6.07, 6.45) is -1.23. The minimum Gasteiger partial charge on any atom is -0.380 e. The summed E-state index contributed by atoms with van der Waals surface area (Å²) in [5, 5.41) is 16.9. The lowest BCUT2D eigenvalue weighted by Crippen LogP contribution is -2.12. The predicted octanol–water partition coefficient (Wildman–Crippen LogP) is 2.56. The van der Waals surface area contributed by atoms with Gasteiger partial charge in [0.25, 0.3) is 0 Å². The highest BCUT2D eigenvalue weighted by Crippen LogP contribution is 2.25. The second-order valence-corrected chi connectivity index (χ2v) is 3.91. The van der Waals surface area contributed by atoms with Gasteiger partial charge in [-0.25, -0.2) is 0 Å². The first-order valence-electron chi connectivity index (χ1n) is 5.71. The molecule has 0 fully saturated rings. The van der Waals surface area contributed by atoms with Crippen molar-refractivity contribution in [2.24, 2.45) is 16.2 Å². The minimum absolute atomic E-state index is 0.285. The van der Waals surface area contributed by atoms with Crippen LogP contribution < -0.4 is 5.84 Å². The molecule has 5 heteroatoms. The van der Waals surface area contributed by atoms with Crippen molar-refractivity contribution >= 4 is 11.5 Å². The van der Waals surface area contributed by atoms with Crippen LogP contribution in [0.1, 0.15) is 22.0 Å². The molecule has 0 saturated heterocycles. The molecular weight excluding hydrogens is 242 g/mol. The Morgan fingerprint density at radius 3 is 2.37 bits per heavy atom. The number of nitrogens with zero attached hydrogens (tertiary/aromatic N) is 2. The van der Waals surface area contributed by atoms with Gasteiger partial charge in [-0.2, -0.15) is 0 Å². The highest BCUT2D eigenvalue weighted by Gasteiger charge is 2.21. The molecule has 0 aliphatic heterocycles. The average molecular weight is 255 g/mol. The van der Waals surface area contributed by atoms with Gasteiger partial charge in [-0.05, 0) is 17.7 Å². The zero-order valence-corrected chi connectivity index (χ0v) is 10.1. The van der Waals surface area contributed by atoms with E-state index in [1.807, 2.05) is 6.07 Å². The maximum Gasteiger partial charge on any atom is 0.198 e.